The zero-order valence-electron chi connectivity index (χ0n) is 8.64. The van der Waals surface area contributed by atoms with Gasteiger partial charge in [0.1, 0.15) is 0 Å². The Kier molecular flexibility index (Phi) is 3.54. The van der Waals surface area contributed by atoms with Gasteiger partial charge >= 0.3 is 0 Å². The third kappa shape index (κ3) is 2.27. The van der Waals surface area contributed by atoms with Crippen molar-refractivity contribution in [3.8, 4) is 0 Å². The fourth-order valence-electron chi connectivity index (χ4n) is 1.30. The maximum atomic E-state index is 9.28. The lowest BCUT2D eigenvalue weighted by atomic mass is 9.82. The molecule has 0 saturated heterocycles. The Labute approximate surface area is 83.1 Å². The van der Waals surface area contributed by atoms with Crippen LogP contribution < -0.4 is 5.73 Å². The van der Waals surface area contributed by atoms with Gasteiger partial charge in [-0.3, -0.25) is 0 Å². The molecular formula is C8H17N5O. The summed E-state index contributed by atoms with van der Waals surface area (Å²) in [5, 5.41) is 21.0. The number of nitrogens with two attached hydrogens (primary N) is 1. The van der Waals surface area contributed by atoms with Gasteiger partial charge in [-0.05, 0) is 11.6 Å². The monoisotopic (exact) mass is 199 g/mol. The van der Waals surface area contributed by atoms with E-state index in [2.05, 4.69) is 15.4 Å². The van der Waals surface area contributed by atoms with E-state index in [1.165, 1.54) is 4.80 Å². The van der Waals surface area contributed by atoms with Crippen molar-refractivity contribution in [3.05, 3.63) is 5.82 Å². The van der Waals surface area contributed by atoms with Gasteiger partial charge in [-0.1, -0.05) is 6.92 Å². The molecule has 6 nitrogen and oxygen atoms in total. The van der Waals surface area contributed by atoms with Crippen LogP contribution in [0.2, 0.25) is 0 Å². The second-order valence-corrected chi connectivity index (χ2v) is 3.59. The third-order valence-corrected chi connectivity index (χ3v) is 2.60. The molecule has 0 aliphatic rings. The molecule has 1 rings (SSSR count). The van der Waals surface area contributed by atoms with Crippen LogP contribution in [0.3, 0.4) is 0 Å². The number of nitrogens with zero attached hydrogens (tertiary/aromatic N) is 4. The summed E-state index contributed by atoms with van der Waals surface area (Å²) < 4.78 is 0. The Morgan fingerprint density at radius 1 is 1.57 bits per heavy atom. The van der Waals surface area contributed by atoms with Crippen LogP contribution in [0.25, 0.3) is 0 Å². The Bertz CT molecular complexity index is 273. The van der Waals surface area contributed by atoms with Crippen LogP contribution in [0.5, 0.6) is 0 Å². The van der Waals surface area contributed by atoms with Gasteiger partial charge in [0.15, 0.2) is 5.82 Å². The van der Waals surface area contributed by atoms with E-state index >= 15 is 0 Å². The van der Waals surface area contributed by atoms with Gasteiger partial charge in [0.25, 0.3) is 0 Å². The highest BCUT2D eigenvalue weighted by Crippen LogP contribution is 2.23. The number of aliphatic hydroxyl groups is 1. The number of aromatic nitrogens is 4. The highest BCUT2D eigenvalue weighted by atomic mass is 16.3. The Hall–Kier alpha value is -1.01. The number of tetrazole rings is 1. The van der Waals surface area contributed by atoms with E-state index in [0.717, 1.165) is 6.42 Å². The molecule has 14 heavy (non-hydrogen) atoms. The van der Waals surface area contributed by atoms with Crippen molar-refractivity contribution in [2.24, 2.45) is 18.2 Å². The molecule has 6 heteroatoms. The van der Waals surface area contributed by atoms with Crippen LogP contribution in [0.15, 0.2) is 0 Å². The molecule has 0 spiro atoms. The predicted octanol–water partition coefficient (Wildman–Crippen LogP) is -0.900. The zero-order valence-corrected chi connectivity index (χ0v) is 8.64. The van der Waals surface area contributed by atoms with Crippen LogP contribution in [0.1, 0.15) is 19.2 Å². The number of hydrogen-bond donors (Lipinski definition) is 2. The summed E-state index contributed by atoms with van der Waals surface area (Å²) in [5.41, 5.74) is 5.34. The summed E-state index contributed by atoms with van der Waals surface area (Å²) in [5.74, 6) is 0.633. The first-order valence-electron chi connectivity index (χ1n) is 4.69. The van der Waals surface area contributed by atoms with E-state index in [0.29, 0.717) is 18.8 Å². The maximum Gasteiger partial charge on any atom is 0.175 e. The van der Waals surface area contributed by atoms with Crippen molar-refractivity contribution >= 4 is 0 Å². The van der Waals surface area contributed by atoms with Crippen molar-refractivity contribution in [2.45, 2.75) is 19.8 Å². The fourth-order valence-corrected chi connectivity index (χ4v) is 1.30. The molecule has 0 saturated carbocycles. The van der Waals surface area contributed by atoms with Gasteiger partial charge in [0.2, 0.25) is 0 Å². The van der Waals surface area contributed by atoms with Crippen LogP contribution in [0, 0.1) is 5.41 Å². The summed E-state index contributed by atoms with van der Waals surface area (Å²) in [4.78, 5) is 1.41. The summed E-state index contributed by atoms with van der Waals surface area (Å²) in [6, 6.07) is 0. The van der Waals surface area contributed by atoms with E-state index < -0.39 is 0 Å². The lowest BCUT2D eigenvalue weighted by Gasteiger charge is -2.27. The maximum absolute atomic E-state index is 9.28. The molecule has 1 atom stereocenters. The molecular weight excluding hydrogens is 182 g/mol. The lowest BCUT2D eigenvalue weighted by molar-refractivity contribution is 0.125. The van der Waals surface area contributed by atoms with Gasteiger partial charge in [0, 0.05) is 18.4 Å². The fraction of sp³-hybridized carbons (Fsp3) is 0.875. The van der Waals surface area contributed by atoms with E-state index in [4.69, 9.17) is 5.73 Å². The van der Waals surface area contributed by atoms with Gasteiger partial charge in [-0.25, -0.2) is 0 Å². The highest BCUT2D eigenvalue weighted by Gasteiger charge is 2.28. The van der Waals surface area contributed by atoms with Gasteiger partial charge in [0.05, 0.1) is 13.7 Å². The molecule has 0 aromatic carbocycles. The molecule has 1 aromatic heterocycles. The summed E-state index contributed by atoms with van der Waals surface area (Å²) in [7, 11) is 1.71. The first-order valence-corrected chi connectivity index (χ1v) is 4.69. The summed E-state index contributed by atoms with van der Waals surface area (Å²) >= 11 is 0. The Morgan fingerprint density at radius 3 is 2.64 bits per heavy atom. The van der Waals surface area contributed by atoms with Gasteiger partial charge < -0.3 is 10.8 Å². The zero-order chi connectivity index (χ0) is 10.6. The quantitative estimate of drug-likeness (QED) is 0.641. The molecule has 0 aliphatic heterocycles. The minimum Gasteiger partial charge on any atom is -0.396 e. The average Bonchev–Trinajstić information content (AvgIpc) is 2.61. The van der Waals surface area contributed by atoms with Crippen molar-refractivity contribution < 1.29 is 5.11 Å². The lowest BCUT2D eigenvalue weighted by Crippen LogP contribution is -2.36. The van der Waals surface area contributed by atoms with E-state index in [1.54, 1.807) is 7.05 Å². The Balaban J connectivity index is 2.73. The molecule has 0 radical (unpaired) electrons. The Morgan fingerprint density at radius 2 is 2.29 bits per heavy atom. The van der Waals surface area contributed by atoms with Crippen LogP contribution >= 0.6 is 0 Å². The molecule has 0 bridgehead atoms. The second kappa shape index (κ2) is 4.47. The number of rotatable bonds is 5. The topological polar surface area (TPSA) is 89.9 Å². The standard InChI is InChI=1S/C8H17N5O/c1-3-8(5-9,6-14)4-7-10-12-13(2)11-7/h14H,3-6,9H2,1-2H3. The summed E-state index contributed by atoms with van der Waals surface area (Å²) in [6.07, 6.45) is 1.38. The van der Waals surface area contributed by atoms with Crippen molar-refractivity contribution in [1.82, 2.24) is 20.2 Å². The molecule has 1 aromatic rings. The molecule has 0 fully saturated rings. The van der Waals surface area contributed by atoms with Crippen molar-refractivity contribution in [1.29, 1.82) is 0 Å². The normalized spacial score (nSPS) is 15.4. The second-order valence-electron chi connectivity index (χ2n) is 3.59. The SMILES string of the molecule is CCC(CN)(CO)Cc1nnn(C)n1. The average molecular weight is 199 g/mol. The predicted molar refractivity (Wildman–Crippen MR) is 51.4 cm³/mol. The minimum absolute atomic E-state index is 0.0538. The van der Waals surface area contributed by atoms with Crippen molar-refractivity contribution in [3.63, 3.8) is 0 Å². The minimum atomic E-state index is -0.303. The molecule has 0 amide bonds. The first-order chi connectivity index (χ1) is 6.65. The third-order valence-electron chi connectivity index (χ3n) is 2.60. The molecule has 3 N–H and O–H groups in total. The molecule has 80 valence electrons. The molecule has 0 aliphatic carbocycles. The summed E-state index contributed by atoms with van der Waals surface area (Å²) in [6.45, 7) is 2.48. The molecule has 1 unspecified atom stereocenters. The van der Waals surface area contributed by atoms with Crippen LogP contribution in [-0.4, -0.2) is 38.5 Å². The highest BCUT2D eigenvalue weighted by molar-refractivity contribution is 4.90. The van der Waals surface area contributed by atoms with Crippen molar-refractivity contribution in [2.75, 3.05) is 13.2 Å². The van der Waals surface area contributed by atoms with E-state index in [-0.39, 0.29) is 12.0 Å². The molecule has 1 heterocycles. The van der Waals surface area contributed by atoms with Gasteiger partial charge in [-0.15, -0.1) is 10.2 Å². The number of aryl methyl sites for hydroxylation is 1. The van der Waals surface area contributed by atoms with Gasteiger partial charge in [-0.2, -0.15) is 4.80 Å². The van der Waals surface area contributed by atoms with E-state index in [1.807, 2.05) is 6.92 Å². The van der Waals surface area contributed by atoms with Crippen LogP contribution in [0.4, 0.5) is 0 Å². The smallest absolute Gasteiger partial charge is 0.175 e. The number of aliphatic hydroxyl groups excluding tert-OH is 1. The van der Waals surface area contributed by atoms with E-state index in [9.17, 15) is 5.11 Å². The number of hydrogen-bond acceptors (Lipinski definition) is 5. The van der Waals surface area contributed by atoms with Crippen LogP contribution in [-0.2, 0) is 13.5 Å². The largest absolute Gasteiger partial charge is 0.396 e. The first kappa shape index (κ1) is 11.1.